The predicted octanol–water partition coefficient (Wildman–Crippen LogP) is 2.60. The zero-order chi connectivity index (χ0) is 27.7. The molecular formula is C28H30N8O3S. The Morgan fingerprint density at radius 1 is 1.18 bits per heavy atom. The number of H-pyrrole nitrogens is 1. The third kappa shape index (κ3) is 5.08. The van der Waals surface area contributed by atoms with Gasteiger partial charge < -0.3 is 21.1 Å². The normalized spacial score (nSPS) is 19.6. The number of fused-ring (bicyclic) bond motifs is 1. The number of carbonyl (C=O) groups excluding carboxylic acids is 2. The zero-order valence-electron chi connectivity index (χ0n) is 21.8. The van der Waals surface area contributed by atoms with Crippen molar-refractivity contribution in [1.82, 2.24) is 30.0 Å². The molecule has 6 rings (SSSR count). The zero-order valence-corrected chi connectivity index (χ0v) is 22.7. The molecule has 2 amide bonds. The van der Waals surface area contributed by atoms with Crippen molar-refractivity contribution in [3.63, 3.8) is 0 Å². The van der Waals surface area contributed by atoms with Crippen molar-refractivity contribution in [2.75, 3.05) is 50.4 Å². The molecule has 4 aromatic rings. The molecule has 1 atom stereocenters. The van der Waals surface area contributed by atoms with Crippen LogP contribution in [0.3, 0.4) is 0 Å². The lowest BCUT2D eigenvalue weighted by atomic mass is 9.87. The van der Waals surface area contributed by atoms with Gasteiger partial charge in [-0.2, -0.15) is 5.10 Å². The molecule has 0 spiro atoms. The maximum atomic E-state index is 13.5. The van der Waals surface area contributed by atoms with E-state index in [1.807, 2.05) is 33.4 Å². The number of aromatic nitrogens is 4. The van der Waals surface area contributed by atoms with E-state index >= 15 is 0 Å². The fraction of sp³-hybridized carbons (Fsp3) is 0.321. The summed E-state index contributed by atoms with van der Waals surface area (Å²) in [7, 11) is 0. The van der Waals surface area contributed by atoms with Crippen molar-refractivity contribution in [2.24, 2.45) is 5.41 Å². The van der Waals surface area contributed by atoms with E-state index in [0.717, 1.165) is 27.9 Å². The molecule has 1 saturated heterocycles. The van der Waals surface area contributed by atoms with Crippen molar-refractivity contribution in [1.29, 1.82) is 0 Å². The van der Waals surface area contributed by atoms with Crippen LogP contribution in [0, 0.1) is 5.41 Å². The van der Waals surface area contributed by atoms with E-state index in [1.165, 1.54) is 5.57 Å². The highest BCUT2D eigenvalue weighted by Gasteiger charge is 2.45. The Bertz CT molecular complexity index is 1580. The van der Waals surface area contributed by atoms with Crippen molar-refractivity contribution in [2.45, 2.75) is 12.8 Å². The van der Waals surface area contributed by atoms with Crippen LogP contribution in [0.25, 0.3) is 27.7 Å². The Morgan fingerprint density at radius 3 is 2.83 bits per heavy atom. The second kappa shape index (κ2) is 10.8. The lowest BCUT2D eigenvalue weighted by Gasteiger charge is -2.29. The molecule has 0 bridgehead atoms. The number of carbonyl (C=O) groups is 2. The van der Waals surface area contributed by atoms with Gasteiger partial charge in [-0.25, -0.2) is 9.97 Å². The highest BCUT2D eigenvalue weighted by Crippen LogP contribution is 2.34. The molecule has 2 aliphatic heterocycles. The predicted molar refractivity (Wildman–Crippen MR) is 154 cm³/mol. The fourth-order valence-electron chi connectivity index (χ4n) is 5.41. The lowest BCUT2D eigenvalue weighted by molar-refractivity contribution is -0.133. The van der Waals surface area contributed by atoms with Crippen LogP contribution in [-0.2, 0) is 9.59 Å². The molecule has 40 heavy (non-hydrogen) atoms. The van der Waals surface area contributed by atoms with Gasteiger partial charge in [-0.1, -0.05) is 6.08 Å². The fourth-order valence-corrected chi connectivity index (χ4v) is 6.12. The summed E-state index contributed by atoms with van der Waals surface area (Å²) in [5.74, 6) is 0.152. The van der Waals surface area contributed by atoms with Gasteiger partial charge in [0.05, 0.1) is 24.1 Å². The molecule has 5 N–H and O–H groups in total. The molecule has 5 heterocycles. The number of hydrogen-bond acceptors (Lipinski definition) is 9. The third-order valence-electron chi connectivity index (χ3n) is 7.72. The Kier molecular flexibility index (Phi) is 7.05. The van der Waals surface area contributed by atoms with Gasteiger partial charge in [-0.05, 0) is 55.3 Å². The number of benzene rings is 1. The van der Waals surface area contributed by atoms with Gasteiger partial charge in [-0.3, -0.25) is 19.6 Å². The summed E-state index contributed by atoms with van der Waals surface area (Å²) in [4.78, 5) is 38.7. The number of pyridine rings is 1. The number of hydrogen-bond donors (Lipinski definition) is 4. The highest BCUT2D eigenvalue weighted by atomic mass is 32.1. The second-order valence-corrected chi connectivity index (χ2v) is 11.2. The molecule has 12 heteroatoms. The van der Waals surface area contributed by atoms with Crippen LogP contribution in [0.2, 0.25) is 0 Å². The Morgan fingerprint density at radius 2 is 2.08 bits per heavy atom. The number of rotatable bonds is 7. The topological polar surface area (TPSA) is 153 Å². The van der Waals surface area contributed by atoms with Crippen LogP contribution in [-0.4, -0.2) is 86.2 Å². The van der Waals surface area contributed by atoms with Crippen molar-refractivity contribution < 1.29 is 14.7 Å². The Balaban J connectivity index is 1.11. The minimum absolute atomic E-state index is 0.0262. The van der Waals surface area contributed by atoms with Gasteiger partial charge in [-0.15, -0.1) is 11.3 Å². The molecule has 1 unspecified atom stereocenters. The molecule has 0 saturated carbocycles. The summed E-state index contributed by atoms with van der Waals surface area (Å²) in [6.07, 6.45) is 6.73. The van der Waals surface area contributed by atoms with Gasteiger partial charge in [0.1, 0.15) is 16.5 Å². The summed E-state index contributed by atoms with van der Waals surface area (Å²) >= 11 is 1.61. The maximum Gasteiger partial charge on any atom is 0.237 e. The monoisotopic (exact) mass is 558 g/mol. The summed E-state index contributed by atoms with van der Waals surface area (Å²) in [5, 5.41) is 24.5. The minimum Gasteiger partial charge on any atom is -0.395 e. The molecule has 1 fully saturated rings. The average Bonchev–Trinajstić information content (AvgIpc) is 3.73. The Hall–Kier alpha value is -4.13. The SMILES string of the molecule is Nc1cc(-c2n[nH]c3ccc(NC(=O)C4(CO)CCN(CC(=O)N5CC=C(c6nccs6)CC5)C4)cc23)ccn1. The first-order valence-electron chi connectivity index (χ1n) is 13.2. The van der Waals surface area contributed by atoms with E-state index < -0.39 is 5.41 Å². The number of nitrogens with zero attached hydrogens (tertiary/aromatic N) is 5. The average molecular weight is 559 g/mol. The van der Waals surface area contributed by atoms with Gasteiger partial charge in [0.15, 0.2) is 0 Å². The number of nitrogen functional groups attached to an aromatic ring is 1. The van der Waals surface area contributed by atoms with Crippen LogP contribution < -0.4 is 11.1 Å². The number of anilines is 2. The smallest absolute Gasteiger partial charge is 0.237 e. The molecule has 3 aromatic heterocycles. The van der Waals surface area contributed by atoms with Gasteiger partial charge in [0, 0.05) is 54.0 Å². The van der Waals surface area contributed by atoms with E-state index in [2.05, 4.69) is 31.6 Å². The number of aliphatic hydroxyl groups is 1. The highest BCUT2D eigenvalue weighted by molar-refractivity contribution is 7.10. The van der Waals surface area contributed by atoms with Crippen molar-refractivity contribution >= 4 is 51.1 Å². The first-order chi connectivity index (χ1) is 19.4. The first-order valence-corrected chi connectivity index (χ1v) is 14.0. The summed E-state index contributed by atoms with van der Waals surface area (Å²) in [5.41, 5.74) is 8.97. The van der Waals surface area contributed by atoms with E-state index in [4.69, 9.17) is 5.73 Å². The molecular weight excluding hydrogens is 528 g/mol. The Labute approximate surface area is 234 Å². The first kappa shape index (κ1) is 26.1. The standard InChI is InChI=1S/C28H30N8O3S/c29-23-13-19(3-7-30-23)25-21-14-20(1-2-22(21)33-34-25)32-27(39)28(17-37)6-11-35(16-28)15-24(38)36-9-4-18(5-10-36)26-31-8-12-40-26/h1-4,7-8,12-14,37H,5-6,9-11,15-17H2,(H2,29,30)(H,32,39)(H,33,34). The van der Waals surface area contributed by atoms with E-state index in [1.54, 1.807) is 35.9 Å². The largest absolute Gasteiger partial charge is 0.395 e. The van der Waals surface area contributed by atoms with Gasteiger partial charge in [0.2, 0.25) is 11.8 Å². The van der Waals surface area contributed by atoms with Gasteiger partial charge >= 0.3 is 0 Å². The number of aliphatic hydroxyl groups excluding tert-OH is 1. The van der Waals surface area contributed by atoms with E-state index in [-0.39, 0.29) is 25.0 Å². The van der Waals surface area contributed by atoms with E-state index in [0.29, 0.717) is 49.8 Å². The van der Waals surface area contributed by atoms with Crippen molar-refractivity contribution in [3.8, 4) is 11.3 Å². The summed E-state index contributed by atoms with van der Waals surface area (Å²) < 4.78 is 0. The molecule has 11 nitrogen and oxygen atoms in total. The third-order valence-corrected chi connectivity index (χ3v) is 8.57. The van der Waals surface area contributed by atoms with Crippen LogP contribution in [0.4, 0.5) is 11.5 Å². The number of nitrogens with one attached hydrogen (secondary N) is 2. The van der Waals surface area contributed by atoms with Crippen LogP contribution in [0.5, 0.6) is 0 Å². The number of thiazole rings is 1. The molecule has 0 radical (unpaired) electrons. The van der Waals surface area contributed by atoms with E-state index in [9.17, 15) is 14.7 Å². The van der Waals surface area contributed by atoms with Crippen molar-refractivity contribution in [3.05, 3.63) is 59.2 Å². The van der Waals surface area contributed by atoms with Crippen LogP contribution >= 0.6 is 11.3 Å². The van der Waals surface area contributed by atoms with Crippen LogP contribution in [0.1, 0.15) is 17.8 Å². The number of nitrogens with two attached hydrogens (primary N) is 1. The lowest BCUT2D eigenvalue weighted by Crippen LogP contribution is -2.45. The number of amides is 2. The van der Waals surface area contributed by atoms with Crippen LogP contribution in [0.15, 0.2) is 54.2 Å². The maximum absolute atomic E-state index is 13.5. The second-order valence-electron chi connectivity index (χ2n) is 10.3. The molecule has 206 valence electrons. The number of likely N-dealkylation sites (tertiary alicyclic amines) is 1. The summed E-state index contributed by atoms with van der Waals surface area (Å²) in [6.45, 7) is 1.98. The van der Waals surface area contributed by atoms with Gasteiger partial charge in [0.25, 0.3) is 0 Å². The summed E-state index contributed by atoms with van der Waals surface area (Å²) in [6, 6.07) is 9.08. The quantitative estimate of drug-likeness (QED) is 0.270. The number of aromatic amines is 1. The molecule has 0 aliphatic carbocycles. The molecule has 2 aliphatic rings. The molecule has 1 aromatic carbocycles. The minimum atomic E-state index is -0.992.